The molecule has 0 bridgehead atoms. The number of nitrogens with zero attached hydrogens (tertiary/aromatic N) is 5. The zero-order chi connectivity index (χ0) is 63.6. The first kappa shape index (κ1) is 74.5. The van der Waals surface area contributed by atoms with Gasteiger partial charge in [-0.2, -0.15) is 8.42 Å². The van der Waals surface area contributed by atoms with Crippen molar-refractivity contribution in [3.63, 3.8) is 0 Å². The molecule has 25 heteroatoms. The van der Waals surface area contributed by atoms with Crippen LogP contribution in [0.4, 0.5) is 14.4 Å². The zero-order valence-corrected chi connectivity index (χ0v) is 55.7. The number of halogens is 1. The Morgan fingerprint density at radius 2 is 0.907 bits per heavy atom. The summed E-state index contributed by atoms with van der Waals surface area (Å²) in [4.78, 5) is 45.9. The molecule has 3 N–H and O–H groups in total. The van der Waals surface area contributed by atoms with Gasteiger partial charge in [-0.15, -0.1) is 0 Å². The number of likely N-dealkylation sites (tertiary alicyclic amines) is 3. The van der Waals surface area contributed by atoms with Crippen LogP contribution in [0.1, 0.15) is 99.1 Å². The van der Waals surface area contributed by atoms with Crippen LogP contribution in [-0.2, 0) is 51.8 Å². The lowest BCUT2D eigenvalue weighted by molar-refractivity contribution is 0.0237. The predicted molar refractivity (Wildman–Crippen MR) is 333 cm³/mol. The first-order valence-electron chi connectivity index (χ1n) is 30.5. The second kappa shape index (κ2) is 36.7. The van der Waals surface area contributed by atoms with Gasteiger partial charge in [-0.3, -0.25) is 14.0 Å². The largest absolute Gasteiger partial charge is 0.444 e. The minimum absolute atomic E-state index is 0.0160. The molecule has 9 rings (SSSR count). The van der Waals surface area contributed by atoms with Gasteiger partial charge in [-0.05, 0) is 151 Å². The Bertz CT molecular complexity index is 2500. The van der Waals surface area contributed by atoms with E-state index in [2.05, 4.69) is 20.4 Å². The molecule has 0 saturated carbocycles. The molecule has 0 aliphatic carbocycles. The van der Waals surface area contributed by atoms with Gasteiger partial charge in [0.1, 0.15) is 16.8 Å². The van der Waals surface area contributed by atoms with Crippen molar-refractivity contribution in [1.29, 1.82) is 0 Å². The van der Waals surface area contributed by atoms with Crippen LogP contribution < -0.4 is 10.6 Å². The van der Waals surface area contributed by atoms with Crippen LogP contribution in [0, 0.1) is 37.5 Å². The SMILES string of the molecule is C1COCCN1.C1C[C@@H](CN2CCOCC2)CN1.CC(C)(C)OC(=O)N1CC[C@@H](CN2CCOCC2)C1.CC(C)(C)OC(=O)N1CC[C@@H](CO)C1.Cc1ccc(S(=O)(=O)Cl)cc1.Cc1ccc(S(=O)(=O)OC[C@@H]2CCN(C(=O)OC(C)(C)C)C2)cc1. The van der Waals surface area contributed by atoms with Crippen LogP contribution >= 0.6 is 10.7 Å². The van der Waals surface area contributed by atoms with Crippen LogP contribution in [0.15, 0.2) is 58.3 Å². The lowest BCUT2D eigenvalue weighted by Gasteiger charge is -2.29. The summed E-state index contributed by atoms with van der Waals surface area (Å²) >= 11 is 0. The smallest absolute Gasteiger partial charge is 0.410 e. The Labute approximate surface area is 519 Å². The Morgan fingerprint density at radius 3 is 1.27 bits per heavy atom. The molecular formula is C61H104ClN7O15S2. The number of aliphatic hydroxyl groups excluding tert-OH is 1. The number of aliphatic hydroxyl groups is 1. The molecule has 7 fully saturated rings. The molecule has 492 valence electrons. The molecular weight excluding hydrogens is 1170 g/mol. The fraction of sp³-hybridized carbons (Fsp3) is 0.754. The van der Waals surface area contributed by atoms with E-state index in [-0.39, 0.29) is 53.1 Å². The van der Waals surface area contributed by atoms with Gasteiger partial charge in [0, 0.05) is 121 Å². The van der Waals surface area contributed by atoms with Crippen LogP contribution in [0.5, 0.6) is 0 Å². The highest BCUT2D eigenvalue weighted by molar-refractivity contribution is 8.13. The molecule has 0 aromatic heterocycles. The topological polar surface area (TPSA) is 245 Å². The summed E-state index contributed by atoms with van der Waals surface area (Å²) in [6.07, 6.45) is 3.20. The average Bonchev–Trinajstić information content (AvgIpc) is 3.86. The van der Waals surface area contributed by atoms with Crippen LogP contribution in [0.3, 0.4) is 0 Å². The van der Waals surface area contributed by atoms with Crippen molar-refractivity contribution in [2.24, 2.45) is 23.7 Å². The summed E-state index contributed by atoms with van der Waals surface area (Å²) in [6.45, 7) is 41.1. The van der Waals surface area contributed by atoms with Crippen molar-refractivity contribution in [2.75, 3.05) is 158 Å². The lowest BCUT2D eigenvalue weighted by Crippen LogP contribution is -2.40. The second-order valence-electron chi connectivity index (χ2n) is 25.8. The van der Waals surface area contributed by atoms with Gasteiger partial charge >= 0.3 is 18.3 Å². The van der Waals surface area contributed by atoms with E-state index in [0.29, 0.717) is 38.5 Å². The van der Waals surface area contributed by atoms with Crippen molar-refractivity contribution in [3.8, 4) is 0 Å². The van der Waals surface area contributed by atoms with E-state index in [9.17, 15) is 31.2 Å². The number of ether oxygens (including phenoxy) is 6. The number of aryl methyl sites for hydroxylation is 2. The second-order valence-corrected chi connectivity index (χ2v) is 30.0. The first-order valence-corrected chi connectivity index (χ1v) is 34.2. The van der Waals surface area contributed by atoms with E-state index in [1.54, 1.807) is 34.1 Å². The molecule has 3 amide bonds. The first-order chi connectivity index (χ1) is 40.4. The fourth-order valence-electron chi connectivity index (χ4n) is 9.75. The molecule has 86 heavy (non-hydrogen) atoms. The number of hydrogen-bond acceptors (Lipinski definition) is 19. The van der Waals surface area contributed by atoms with Gasteiger partial charge in [-0.1, -0.05) is 35.4 Å². The van der Waals surface area contributed by atoms with Gasteiger partial charge in [-0.25, -0.2) is 22.8 Å². The maximum absolute atomic E-state index is 12.2. The lowest BCUT2D eigenvalue weighted by atomic mass is 10.1. The maximum Gasteiger partial charge on any atom is 0.410 e. The highest BCUT2D eigenvalue weighted by Gasteiger charge is 2.33. The van der Waals surface area contributed by atoms with Crippen LogP contribution in [0.25, 0.3) is 0 Å². The summed E-state index contributed by atoms with van der Waals surface area (Å²) in [7, 11) is -2.23. The van der Waals surface area contributed by atoms with Gasteiger partial charge in [0.05, 0.1) is 56.0 Å². The Hall–Kier alpha value is -3.92. The number of morpholine rings is 3. The van der Waals surface area contributed by atoms with Crippen molar-refractivity contribution in [2.45, 2.75) is 128 Å². The molecule has 2 aromatic carbocycles. The number of rotatable bonds is 10. The van der Waals surface area contributed by atoms with Crippen molar-refractivity contribution < 1.29 is 68.9 Å². The highest BCUT2D eigenvalue weighted by Crippen LogP contribution is 2.24. The van der Waals surface area contributed by atoms with Crippen molar-refractivity contribution in [3.05, 3.63) is 59.7 Å². The monoisotopic (exact) mass is 1270 g/mol. The maximum atomic E-state index is 12.2. The third kappa shape index (κ3) is 31.0. The minimum atomic E-state index is -3.77. The molecule has 0 radical (unpaired) electrons. The normalized spacial score (nSPS) is 22.2. The number of amides is 3. The van der Waals surface area contributed by atoms with E-state index in [1.165, 1.54) is 50.3 Å². The van der Waals surface area contributed by atoms with Gasteiger partial charge < -0.3 is 58.9 Å². The molecule has 2 aromatic rings. The Balaban J connectivity index is 0.000000230. The highest BCUT2D eigenvalue weighted by atomic mass is 35.7. The van der Waals surface area contributed by atoms with E-state index in [4.69, 9.17) is 48.4 Å². The number of carbonyl (C=O) groups excluding carboxylic acids is 3. The molecule has 7 aliphatic rings. The number of nitrogens with one attached hydrogen (secondary N) is 2. The predicted octanol–water partition coefficient (Wildman–Crippen LogP) is 7.23. The van der Waals surface area contributed by atoms with E-state index < -0.39 is 36.0 Å². The fourth-order valence-corrected chi connectivity index (χ4v) is 11.5. The third-order valence-electron chi connectivity index (χ3n) is 14.4. The van der Waals surface area contributed by atoms with Crippen LogP contribution in [0.2, 0.25) is 0 Å². The Kier molecular flexibility index (Phi) is 31.8. The molecule has 0 unspecified atom stereocenters. The van der Waals surface area contributed by atoms with Crippen LogP contribution in [-0.4, -0.2) is 239 Å². The third-order valence-corrected chi connectivity index (χ3v) is 17.1. The molecule has 7 aliphatic heterocycles. The molecule has 0 spiro atoms. The molecule has 7 heterocycles. The van der Waals surface area contributed by atoms with E-state index in [0.717, 1.165) is 128 Å². The molecule has 22 nitrogen and oxygen atoms in total. The van der Waals surface area contributed by atoms with E-state index >= 15 is 0 Å². The van der Waals surface area contributed by atoms with Gasteiger partial charge in [0.2, 0.25) is 0 Å². The summed E-state index contributed by atoms with van der Waals surface area (Å²) < 4.78 is 82.6. The van der Waals surface area contributed by atoms with Crippen molar-refractivity contribution in [1.82, 2.24) is 35.1 Å². The summed E-state index contributed by atoms with van der Waals surface area (Å²) in [6, 6.07) is 12.9. The number of carbonyl (C=O) groups is 3. The minimum Gasteiger partial charge on any atom is -0.444 e. The average molecular weight is 1280 g/mol. The molecule has 4 atom stereocenters. The number of hydrogen-bond donors (Lipinski definition) is 3. The summed E-state index contributed by atoms with van der Waals surface area (Å²) in [5, 5.41) is 15.5. The van der Waals surface area contributed by atoms with Crippen molar-refractivity contribution >= 4 is 48.1 Å². The number of benzene rings is 2. The summed E-state index contributed by atoms with van der Waals surface area (Å²) in [5.74, 6) is 1.67. The van der Waals surface area contributed by atoms with E-state index in [1.807, 2.05) is 81.1 Å². The quantitative estimate of drug-likeness (QED) is 0.121. The van der Waals surface area contributed by atoms with Gasteiger partial charge in [0.25, 0.3) is 19.2 Å². The van der Waals surface area contributed by atoms with Gasteiger partial charge in [0.15, 0.2) is 0 Å². The molecule has 7 saturated heterocycles. The summed E-state index contributed by atoms with van der Waals surface area (Å²) in [5.41, 5.74) is 0.612. The Morgan fingerprint density at radius 1 is 0.523 bits per heavy atom. The standard InChI is InChI=1S/C17H25NO5S.C14H26N2O3.C10H19NO3.C9H18N2O.C7H7ClO2S.C4H9NO/c1-13-5-7-15(8-6-13)24(20,21)22-12-14-9-10-18(11-14)16(19)23-17(2,3)4;1-14(2,3)19-13(17)16-5-4-12(11-16)10-15-6-8-18-9-7-15;1-10(2,3)14-9(13)11-5-4-8(6-11)7-12;1-2-10-7-9(1)8-11-3-5-12-6-4-11;1-6-2-4-7(5-3-6)11(8,9)10;1-3-6-4-2-5-1/h5-8,14H,9-12H2,1-4H3;12H,4-11H2,1-3H3;8,12H,4-7H2,1-3H3;9-10H,1-8H2;2-5H,1H3;5H,1-4H2/t14-;12-;8-;9-;;/m1011../s1. The zero-order valence-electron chi connectivity index (χ0n) is 53.3.